The molecule has 0 saturated carbocycles. The lowest BCUT2D eigenvalue weighted by Crippen LogP contribution is -2.49. The molecule has 1 aliphatic heterocycles. The van der Waals surface area contributed by atoms with Crippen LogP contribution in [0.25, 0.3) is 16.5 Å². The van der Waals surface area contributed by atoms with Crippen molar-refractivity contribution in [3.8, 4) is 11.6 Å². The van der Waals surface area contributed by atoms with E-state index in [1.807, 2.05) is 60.0 Å². The molecule has 32 heavy (non-hydrogen) atoms. The van der Waals surface area contributed by atoms with E-state index in [-0.39, 0.29) is 11.8 Å². The number of aromatic hydroxyl groups is 1. The highest BCUT2D eigenvalue weighted by Crippen LogP contribution is 2.35. The van der Waals surface area contributed by atoms with Crippen LogP contribution in [0.2, 0.25) is 5.02 Å². The van der Waals surface area contributed by atoms with E-state index >= 15 is 0 Å². The molecule has 0 unspecified atom stereocenters. The lowest BCUT2D eigenvalue weighted by molar-refractivity contribution is 0.0633. The summed E-state index contributed by atoms with van der Waals surface area (Å²) < 4.78 is 3.73. The van der Waals surface area contributed by atoms with Gasteiger partial charge >= 0.3 is 0 Å². The number of piperazine rings is 1. The van der Waals surface area contributed by atoms with Crippen LogP contribution < -0.4 is 0 Å². The van der Waals surface area contributed by atoms with Crippen LogP contribution in [0.4, 0.5) is 0 Å². The maximum absolute atomic E-state index is 13.1. The minimum absolute atomic E-state index is 0.00958. The molecule has 0 radical (unpaired) electrons. The summed E-state index contributed by atoms with van der Waals surface area (Å²) in [4.78, 5) is 21.5. The second-order valence-corrected chi connectivity index (χ2v) is 8.42. The largest absolute Gasteiger partial charge is 0.494 e. The van der Waals surface area contributed by atoms with E-state index in [1.54, 1.807) is 16.8 Å². The minimum atomic E-state index is 0.00958. The first kappa shape index (κ1) is 20.6. The number of hydrogen-bond donors (Lipinski definition) is 1. The Morgan fingerprint density at radius 1 is 1.06 bits per heavy atom. The third-order valence-electron chi connectivity index (χ3n) is 6.03. The van der Waals surface area contributed by atoms with Gasteiger partial charge in [0.05, 0.1) is 16.7 Å². The Kier molecular flexibility index (Phi) is 5.59. The Morgan fingerprint density at radius 2 is 1.88 bits per heavy atom. The average Bonchev–Trinajstić information content (AvgIpc) is 3.46. The first-order valence-electron chi connectivity index (χ1n) is 10.7. The van der Waals surface area contributed by atoms with Crippen molar-refractivity contribution in [3.05, 3.63) is 78.0 Å². The van der Waals surface area contributed by atoms with Crippen LogP contribution >= 0.6 is 11.6 Å². The van der Waals surface area contributed by atoms with Gasteiger partial charge < -0.3 is 14.6 Å². The molecule has 2 aromatic carbocycles. The number of carbonyl (C=O) groups excluding carboxylic acids is 1. The average molecular weight is 450 g/mol. The van der Waals surface area contributed by atoms with Crippen LogP contribution in [0, 0.1) is 0 Å². The Balaban J connectivity index is 1.28. The van der Waals surface area contributed by atoms with Crippen molar-refractivity contribution in [1.82, 2.24) is 23.9 Å². The molecule has 7 nitrogen and oxygen atoms in total. The van der Waals surface area contributed by atoms with Crippen LogP contribution in [0.15, 0.2) is 67.4 Å². The van der Waals surface area contributed by atoms with E-state index in [1.165, 1.54) is 0 Å². The van der Waals surface area contributed by atoms with Gasteiger partial charge in [0.1, 0.15) is 0 Å². The number of amides is 1. The van der Waals surface area contributed by atoms with Gasteiger partial charge in [-0.2, -0.15) is 0 Å². The van der Waals surface area contributed by atoms with Crippen molar-refractivity contribution < 1.29 is 9.90 Å². The van der Waals surface area contributed by atoms with Crippen LogP contribution in [-0.2, 0) is 6.54 Å². The van der Waals surface area contributed by atoms with Crippen LogP contribution in [0.3, 0.4) is 0 Å². The highest BCUT2D eigenvalue weighted by molar-refractivity contribution is 6.36. The molecule has 0 spiro atoms. The molecule has 0 atom stereocenters. The summed E-state index contributed by atoms with van der Waals surface area (Å²) in [5.74, 6) is 0.0806. The Labute approximate surface area is 191 Å². The maximum Gasteiger partial charge on any atom is 0.254 e. The number of halogens is 1. The van der Waals surface area contributed by atoms with Crippen molar-refractivity contribution in [2.24, 2.45) is 0 Å². The van der Waals surface area contributed by atoms with Crippen LogP contribution in [0.5, 0.6) is 5.88 Å². The SMILES string of the molecule is O=C(c1cccc(-n2cc3cccc(Cl)c3c2O)c1)N1CCN(CCn2ccnc2)CC1. The molecule has 8 heteroatoms. The van der Waals surface area contributed by atoms with Crippen molar-refractivity contribution in [3.63, 3.8) is 0 Å². The van der Waals surface area contributed by atoms with E-state index in [2.05, 4.69) is 14.5 Å². The van der Waals surface area contributed by atoms with Crippen LogP contribution in [0.1, 0.15) is 10.4 Å². The summed E-state index contributed by atoms with van der Waals surface area (Å²) in [5, 5.41) is 12.7. The van der Waals surface area contributed by atoms with Gasteiger partial charge in [0.25, 0.3) is 5.91 Å². The first-order chi connectivity index (χ1) is 15.6. The maximum atomic E-state index is 13.1. The fourth-order valence-corrected chi connectivity index (χ4v) is 4.49. The standard InChI is InChI=1S/C24H24ClN5O2/c25-21-6-2-4-19-16-30(24(32)22(19)21)20-5-1-3-18(15-20)23(31)29-13-11-27(12-14-29)9-10-28-8-7-26-17-28/h1-8,15-17,32H,9-14H2. The Hall–Kier alpha value is -3.29. The fraction of sp³-hybridized carbons (Fsp3) is 0.250. The first-order valence-corrected chi connectivity index (χ1v) is 11.0. The van der Waals surface area contributed by atoms with E-state index < -0.39 is 0 Å². The predicted octanol–water partition coefficient (Wildman–Crippen LogP) is 3.64. The molecular weight excluding hydrogens is 426 g/mol. The molecule has 3 heterocycles. The van der Waals surface area contributed by atoms with Crippen molar-refractivity contribution in [2.75, 3.05) is 32.7 Å². The molecular formula is C24H24ClN5O2. The van der Waals surface area contributed by atoms with Crippen molar-refractivity contribution >= 4 is 28.3 Å². The third-order valence-corrected chi connectivity index (χ3v) is 6.35. The summed E-state index contributed by atoms with van der Waals surface area (Å²) in [7, 11) is 0. The number of benzene rings is 2. The molecule has 0 aliphatic carbocycles. The molecule has 1 aliphatic rings. The van der Waals surface area contributed by atoms with E-state index in [4.69, 9.17) is 11.6 Å². The zero-order chi connectivity index (χ0) is 22.1. The number of nitrogens with zero attached hydrogens (tertiary/aromatic N) is 5. The Bertz CT molecular complexity index is 1240. The molecule has 1 fully saturated rings. The van der Waals surface area contributed by atoms with E-state index in [9.17, 15) is 9.90 Å². The predicted molar refractivity (Wildman–Crippen MR) is 125 cm³/mol. The summed E-state index contributed by atoms with van der Waals surface area (Å²) >= 11 is 6.27. The third kappa shape index (κ3) is 3.97. The monoisotopic (exact) mass is 449 g/mol. The number of aromatic nitrogens is 3. The summed E-state index contributed by atoms with van der Waals surface area (Å²) in [6.07, 6.45) is 7.41. The normalized spacial score (nSPS) is 14.8. The molecule has 4 aromatic rings. The number of rotatable bonds is 5. The van der Waals surface area contributed by atoms with E-state index in [0.29, 0.717) is 29.1 Å². The molecule has 1 amide bonds. The van der Waals surface area contributed by atoms with Gasteiger partial charge in [0.2, 0.25) is 5.88 Å². The molecule has 5 rings (SSSR count). The van der Waals surface area contributed by atoms with Gasteiger partial charge in [-0.1, -0.05) is 29.8 Å². The zero-order valence-corrected chi connectivity index (χ0v) is 18.3. The molecule has 164 valence electrons. The highest BCUT2D eigenvalue weighted by Gasteiger charge is 2.22. The van der Waals surface area contributed by atoms with Crippen LogP contribution in [-0.4, -0.2) is 67.7 Å². The number of hydrogen-bond acceptors (Lipinski definition) is 4. The summed E-state index contributed by atoms with van der Waals surface area (Å²) in [5.41, 5.74) is 1.33. The number of fused-ring (bicyclic) bond motifs is 1. The second-order valence-electron chi connectivity index (χ2n) is 8.01. The minimum Gasteiger partial charge on any atom is -0.494 e. The highest BCUT2D eigenvalue weighted by atomic mass is 35.5. The second kappa shape index (κ2) is 8.68. The smallest absolute Gasteiger partial charge is 0.254 e. The Morgan fingerprint density at radius 3 is 2.62 bits per heavy atom. The van der Waals surface area contributed by atoms with Gasteiger partial charge in [-0.25, -0.2) is 4.98 Å². The quantitative estimate of drug-likeness (QED) is 0.505. The lowest BCUT2D eigenvalue weighted by Gasteiger charge is -2.34. The van der Waals surface area contributed by atoms with Gasteiger partial charge in [-0.3, -0.25) is 14.3 Å². The van der Waals surface area contributed by atoms with Gasteiger partial charge in [-0.15, -0.1) is 0 Å². The molecule has 0 bridgehead atoms. The van der Waals surface area contributed by atoms with Gasteiger partial charge in [0, 0.05) is 74.5 Å². The summed E-state index contributed by atoms with van der Waals surface area (Å²) in [6.45, 7) is 4.93. The lowest BCUT2D eigenvalue weighted by atomic mass is 10.1. The van der Waals surface area contributed by atoms with Gasteiger partial charge in [-0.05, 0) is 24.3 Å². The zero-order valence-electron chi connectivity index (χ0n) is 17.6. The van der Waals surface area contributed by atoms with Crippen molar-refractivity contribution in [2.45, 2.75) is 6.54 Å². The number of imidazole rings is 1. The molecule has 1 N–H and O–H groups in total. The topological polar surface area (TPSA) is 66.5 Å². The molecule has 1 saturated heterocycles. The van der Waals surface area contributed by atoms with Gasteiger partial charge in [0.15, 0.2) is 0 Å². The van der Waals surface area contributed by atoms with Crippen molar-refractivity contribution in [1.29, 1.82) is 0 Å². The van der Waals surface area contributed by atoms with E-state index in [0.717, 1.165) is 37.3 Å². The number of carbonyl (C=O) groups is 1. The molecule has 2 aromatic heterocycles. The fourth-order valence-electron chi connectivity index (χ4n) is 4.22. The summed E-state index contributed by atoms with van der Waals surface area (Å²) in [6, 6.07) is 12.9.